The van der Waals surface area contributed by atoms with E-state index in [0.29, 0.717) is 38.6 Å². The summed E-state index contributed by atoms with van der Waals surface area (Å²) in [5, 5.41) is 20.4. The molecule has 1 aliphatic heterocycles. The van der Waals surface area contributed by atoms with Crippen molar-refractivity contribution >= 4 is 13.8 Å². The summed E-state index contributed by atoms with van der Waals surface area (Å²) in [6, 6.07) is 10.1. The number of aliphatic hydroxyl groups is 1. The minimum Gasteiger partial charge on any atom is -0.480 e. The highest BCUT2D eigenvalue weighted by Gasteiger charge is 2.36. The molecule has 0 radical (unpaired) electrons. The van der Waals surface area contributed by atoms with Crippen molar-refractivity contribution in [2.24, 2.45) is 5.73 Å². The minimum atomic E-state index is -1.13. The summed E-state index contributed by atoms with van der Waals surface area (Å²) < 4.78 is 0. The number of rotatable bonds is 10. The Morgan fingerprint density at radius 2 is 1.85 bits per heavy atom. The van der Waals surface area contributed by atoms with Crippen LogP contribution in [0.25, 0.3) is 0 Å². The average Bonchev–Trinajstić information content (AvgIpc) is 2.62. The number of carboxylic acids is 1. The van der Waals surface area contributed by atoms with Gasteiger partial charge in [0.1, 0.15) is 13.4 Å². The molecule has 1 unspecified atom stereocenters. The molecule has 1 fully saturated rings. The van der Waals surface area contributed by atoms with Gasteiger partial charge in [-0.3, -0.25) is 4.79 Å². The van der Waals surface area contributed by atoms with Crippen LogP contribution in [0.5, 0.6) is 0 Å². The molecule has 1 heterocycles. The molecule has 1 atom stereocenters. The fourth-order valence-electron chi connectivity index (χ4n) is 3.73. The molecule has 5 nitrogen and oxygen atoms in total. The largest absolute Gasteiger partial charge is 0.480 e. The zero-order valence-corrected chi connectivity index (χ0v) is 16.0. The van der Waals surface area contributed by atoms with Gasteiger partial charge in [0.05, 0.1) is 5.60 Å². The third-order valence-corrected chi connectivity index (χ3v) is 5.69. The number of nitrogens with zero attached hydrogens (tertiary/aromatic N) is 1. The highest BCUT2D eigenvalue weighted by Crippen LogP contribution is 2.27. The van der Waals surface area contributed by atoms with Crippen LogP contribution in [0.2, 0.25) is 6.32 Å². The number of piperidine rings is 1. The van der Waals surface area contributed by atoms with Crippen LogP contribution in [0.4, 0.5) is 0 Å². The Balaban J connectivity index is 1.81. The summed E-state index contributed by atoms with van der Waals surface area (Å²) in [7, 11) is 2.10. The number of hydrogen-bond donors (Lipinski definition) is 3. The van der Waals surface area contributed by atoms with Crippen molar-refractivity contribution in [2.45, 2.75) is 62.4 Å². The lowest BCUT2D eigenvalue weighted by molar-refractivity contribution is -0.144. The number of unbranched alkanes of at least 4 members (excludes halogenated alkanes) is 1. The van der Waals surface area contributed by atoms with Crippen LogP contribution in [-0.2, 0) is 11.2 Å². The monoisotopic (exact) mass is 360 g/mol. The van der Waals surface area contributed by atoms with Gasteiger partial charge in [-0.1, -0.05) is 49.5 Å². The predicted molar refractivity (Wildman–Crippen MR) is 107 cm³/mol. The zero-order chi connectivity index (χ0) is 19.0. The van der Waals surface area contributed by atoms with Gasteiger partial charge in [0.2, 0.25) is 0 Å². The Kier molecular flexibility index (Phi) is 7.68. The Bertz CT molecular complexity index is 561. The van der Waals surface area contributed by atoms with E-state index in [-0.39, 0.29) is 0 Å². The fraction of sp³-hybridized carbons (Fsp3) is 0.650. The van der Waals surface area contributed by atoms with Gasteiger partial charge in [-0.25, -0.2) is 0 Å². The molecule has 4 N–H and O–H groups in total. The molecule has 1 aliphatic rings. The molecule has 0 amide bonds. The van der Waals surface area contributed by atoms with Crippen molar-refractivity contribution in [3.63, 3.8) is 0 Å². The predicted octanol–water partition coefficient (Wildman–Crippen LogP) is 1.45. The second-order valence-electron chi connectivity index (χ2n) is 7.90. The quantitative estimate of drug-likeness (QED) is 0.434. The highest BCUT2D eigenvalue weighted by molar-refractivity contribution is 6.08. The number of hydrogen-bond acceptors (Lipinski definition) is 4. The van der Waals surface area contributed by atoms with Crippen LogP contribution in [0.1, 0.15) is 44.1 Å². The fourth-order valence-corrected chi connectivity index (χ4v) is 3.73. The first-order valence-corrected chi connectivity index (χ1v) is 9.88. The summed E-state index contributed by atoms with van der Waals surface area (Å²) in [5.41, 5.74) is 5.54. The number of nitrogens with two attached hydrogens (primary N) is 1. The van der Waals surface area contributed by atoms with E-state index in [1.807, 2.05) is 18.2 Å². The summed E-state index contributed by atoms with van der Waals surface area (Å²) in [6.07, 6.45) is 6.02. The van der Waals surface area contributed by atoms with Crippen molar-refractivity contribution in [2.75, 3.05) is 19.6 Å². The summed E-state index contributed by atoms with van der Waals surface area (Å²) in [5.74, 6) is -0.897. The smallest absolute Gasteiger partial charge is 0.323 e. The maximum atomic E-state index is 11.6. The van der Waals surface area contributed by atoms with Crippen molar-refractivity contribution in [1.82, 2.24) is 4.90 Å². The first-order valence-electron chi connectivity index (χ1n) is 9.88. The van der Waals surface area contributed by atoms with Gasteiger partial charge in [-0.05, 0) is 31.2 Å². The van der Waals surface area contributed by atoms with Crippen LogP contribution in [-0.4, -0.2) is 59.7 Å². The SMILES string of the molecule is BCCCCC(N)(CCN1CCC(O)(Cc2ccccc2)CC1)C(=O)O. The van der Waals surface area contributed by atoms with Crippen molar-refractivity contribution in [1.29, 1.82) is 0 Å². The number of benzene rings is 1. The normalized spacial score (nSPS) is 19.8. The number of carboxylic acid groups (broad SMARTS) is 1. The molecule has 26 heavy (non-hydrogen) atoms. The van der Waals surface area contributed by atoms with Crippen LogP contribution in [0.3, 0.4) is 0 Å². The molecular formula is C20H33BN2O3. The molecule has 1 saturated heterocycles. The molecule has 2 rings (SSSR count). The maximum absolute atomic E-state index is 11.6. The van der Waals surface area contributed by atoms with Crippen LogP contribution in [0, 0.1) is 0 Å². The summed E-state index contributed by atoms with van der Waals surface area (Å²) >= 11 is 0. The maximum Gasteiger partial charge on any atom is 0.323 e. The van der Waals surface area contributed by atoms with Crippen LogP contribution < -0.4 is 5.73 Å². The average molecular weight is 360 g/mol. The number of aliphatic carboxylic acids is 1. The first-order chi connectivity index (χ1) is 12.4. The van der Waals surface area contributed by atoms with Crippen LogP contribution in [0.15, 0.2) is 30.3 Å². The molecule has 0 aromatic heterocycles. The molecule has 6 heteroatoms. The van der Waals surface area contributed by atoms with E-state index >= 15 is 0 Å². The third kappa shape index (κ3) is 6.11. The van der Waals surface area contributed by atoms with Gasteiger partial charge in [0.25, 0.3) is 0 Å². The molecule has 1 aromatic rings. The van der Waals surface area contributed by atoms with Gasteiger partial charge in [-0.2, -0.15) is 0 Å². The lowest BCUT2D eigenvalue weighted by atomic mass is 9.84. The van der Waals surface area contributed by atoms with Gasteiger partial charge in [-0.15, -0.1) is 0 Å². The van der Waals surface area contributed by atoms with E-state index in [0.717, 1.165) is 37.8 Å². The minimum absolute atomic E-state index is 0.461. The number of likely N-dealkylation sites (tertiary alicyclic amines) is 1. The van der Waals surface area contributed by atoms with Crippen molar-refractivity contribution in [3.05, 3.63) is 35.9 Å². The highest BCUT2D eigenvalue weighted by atomic mass is 16.4. The van der Waals surface area contributed by atoms with Crippen molar-refractivity contribution in [3.8, 4) is 0 Å². The Morgan fingerprint density at radius 1 is 1.19 bits per heavy atom. The van der Waals surface area contributed by atoms with Gasteiger partial charge in [0.15, 0.2) is 0 Å². The molecular weight excluding hydrogens is 327 g/mol. The zero-order valence-electron chi connectivity index (χ0n) is 16.0. The summed E-state index contributed by atoms with van der Waals surface area (Å²) in [4.78, 5) is 13.9. The lowest BCUT2D eigenvalue weighted by Crippen LogP contribution is -2.52. The van der Waals surface area contributed by atoms with E-state index < -0.39 is 17.1 Å². The lowest BCUT2D eigenvalue weighted by Gasteiger charge is -2.39. The van der Waals surface area contributed by atoms with E-state index in [2.05, 4.69) is 24.9 Å². The Hall–Kier alpha value is -1.37. The van der Waals surface area contributed by atoms with Gasteiger partial charge >= 0.3 is 5.97 Å². The molecule has 0 bridgehead atoms. The molecule has 0 aliphatic carbocycles. The molecule has 0 spiro atoms. The molecule has 144 valence electrons. The second-order valence-corrected chi connectivity index (χ2v) is 7.90. The van der Waals surface area contributed by atoms with Gasteiger partial charge in [0, 0.05) is 26.1 Å². The van der Waals surface area contributed by atoms with E-state index in [1.54, 1.807) is 0 Å². The van der Waals surface area contributed by atoms with Crippen LogP contribution >= 0.6 is 0 Å². The van der Waals surface area contributed by atoms with E-state index in [4.69, 9.17) is 5.73 Å². The van der Waals surface area contributed by atoms with Gasteiger partial charge < -0.3 is 20.8 Å². The van der Waals surface area contributed by atoms with E-state index in [1.165, 1.54) is 0 Å². The van der Waals surface area contributed by atoms with Crippen molar-refractivity contribution < 1.29 is 15.0 Å². The number of carbonyl (C=O) groups is 1. The standard InChI is InChI=1S/C20H33BN2O3/c21-12-5-4-8-20(22,18(24)25)11-15-23-13-9-19(26,10-14-23)16-17-6-2-1-3-7-17/h1-3,6-7,26H,4-5,8-16,21-22H2,(H,24,25). The summed E-state index contributed by atoms with van der Waals surface area (Å²) in [6.45, 7) is 2.25. The third-order valence-electron chi connectivity index (χ3n) is 5.69. The topological polar surface area (TPSA) is 86.8 Å². The molecule has 0 saturated carbocycles. The Labute approximate surface area is 158 Å². The Morgan fingerprint density at radius 3 is 2.42 bits per heavy atom. The second kappa shape index (κ2) is 9.54. The first kappa shape index (κ1) is 20.9. The van der Waals surface area contributed by atoms with E-state index in [9.17, 15) is 15.0 Å². The molecule has 1 aromatic carbocycles.